The van der Waals surface area contributed by atoms with Gasteiger partial charge in [0.1, 0.15) is 5.69 Å². The lowest BCUT2D eigenvalue weighted by molar-refractivity contribution is -0.135. The molecule has 3 N–H and O–H groups in total. The van der Waals surface area contributed by atoms with Gasteiger partial charge in [-0.1, -0.05) is 30.3 Å². The van der Waals surface area contributed by atoms with E-state index in [1.54, 1.807) is 45.0 Å². The van der Waals surface area contributed by atoms with Crippen LogP contribution < -0.4 is 15.8 Å². The van der Waals surface area contributed by atoms with Crippen LogP contribution in [0.2, 0.25) is 0 Å². The van der Waals surface area contributed by atoms with Gasteiger partial charge in [0.05, 0.1) is 23.1 Å². The Bertz CT molecular complexity index is 1080. The van der Waals surface area contributed by atoms with E-state index in [-0.39, 0.29) is 29.3 Å². The maximum absolute atomic E-state index is 13.7. The Morgan fingerprint density at radius 3 is 2.40 bits per heavy atom. The Hall–Kier alpha value is -3.29. The van der Waals surface area contributed by atoms with E-state index in [0.717, 1.165) is 0 Å². The summed E-state index contributed by atoms with van der Waals surface area (Å²) in [5.74, 6) is -0.578. The monoisotopic (exact) mass is 417 g/mol. The van der Waals surface area contributed by atoms with Gasteiger partial charge in [-0.3, -0.25) is 4.79 Å². The van der Waals surface area contributed by atoms with E-state index in [2.05, 4.69) is 10.3 Å². The lowest BCUT2D eigenvalue weighted by Crippen LogP contribution is -2.34. The number of halogens is 3. The quantitative estimate of drug-likeness (QED) is 0.602. The minimum atomic E-state index is -4.68. The number of hydrogen-bond acceptors (Lipinski definition) is 4. The van der Waals surface area contributed by atoms with Crippen molar-refractivity contribution in [3.63, 3.8) is 0 Å². The number of nitrogens with zero attached hydrogens (tertiary/aromatic N) is 1. The van der Waals surface area contributed by atoms with Gasteiger partial charge in [-0.2, -0.15) is 13.2 Å². The van der Waals surface area contributed by atoms with Crippen LogP contribution in [0.3, 0.4) is 0 Å². The minimum absolute atomic E-state index is 0.0538. The summed E-state index contributed by atoms with van der Waals surface area (Å²) >= 11 is 0. The number of hydrogen-bond donors (Lipinski definition) is 2. The van der Waals surface area contributed by atoms with E-state index >= 15 is 0 Å². The number of nitrogens with one attached hydrogen (secondary N) is 1. The van der Waals surface area contributed by atoms with Crippen molar-refractivity contribution < 1.29 is 22.7 Å². The molecule has 0 saturated carbocycles. The lowest BCUT2D eigenvalue weighted by atomic mass is 9.83. The molecule has 0 aliphatic rings. The fraction of sp³-hybridized carbons (Fsp3) is 0.273. The fourth-order valence-corrected chi connectivity index (χ4v) is 3.14. The van der Waals surface area contributed by atoms with Crippen LogP contribution in [0.4, 0.5) is 24.5 Å². The second kappa shape index (κ2) is 7.85. The lowest BCUT2D eigenvalue weighted by Gasteiger charge is -2.25. The van der Waals surface area contributed by atoms with Gasteiger partial charge < -0.3 is 15.8 Å². The zero-order chi connectivity index (χ0) is 22.1. The molecule has 0 bridgehead atoms. The molecule has 0 atom stereocenters. The predicted molar refractivity (Wildman–Crippen MR) is 110 cm³/mol. The highest BCUT2D eigenvalue weighted by molar-refractivity contribution is 5.99. The fourth-order valence-electron chi connectivity index (χ4n) is 3.14. The van der Waals surface area contributed by atoms with E-state index < -0.39 is 22.8 Å². The van der Waals surface area contributed by atoms with E-state index in [1.165, 1.54) is 18.2 Å². The van der Waals surface area contributed by atoms with Crippen LogP contribution in [-0.2, 0) is 16.4 Å². The third kappa shape index (κ3) is 4.03. The molecule has 1 amide bonds. The highest BCUT2D eigenvalue weighted by atomic mass is 19.4. The second-order valence-corrected chi connectivity index (χ2v) is 7.31. The average molecular weight is 417 g/mol. The number of nitrogens with two attached hydrogens (primary N) is 1. The molecule has 5 nitrogen and oxygen atoms in total. The molecular formula is C22H22F3N3O2. The molecule has 2 aromatic carbocycles. The standard InChI is InChI=1S/C22H22F3N3O2/c1-4-30-19-18(26)17(22(23,24)25)15-11-10-13(12-16(15)28-19)21(2,3)20(29)27-14-8-6-5-7-9-14/h5-12H,4,26H2,1-3H3,(H,27,29). The van der Waals surface area contributed by atoms with E-state index in [1.807, 2.05) is 6.07 Å². The molecule has 1 aromatic heterocycles. The summed E-state index contributed by atoms with van der Waals surface area (Å²) in [6.07, 6.45) is -4.68. The Labute approximate surface area is 172 Å². The van der Waals surface area contributed by atoms with Gasteiger partial charge in [0.25, 0.3) is 0 Å². The molecule has 0 fully saturated rings. The average Bonchev–Trinajstić information content (AvgIpc) is 2.68. The van der Waals surface area contributed by atoms with Crippen LogP contribution >= 0.6 is 0 Å². The van der Waals surface area contributed by atoms with Gasteiger partial charge in [-0.25, -0.2) is 4.98 Å². The molecular weight excluding hydrogens is 395 g/mol. The first kappa shape index (κ1) is 21.4. The molecule has 0 aliphatic heterocycles. The molecule has 3 rings (SSSR count). The van der Waals surface area contributed by atoms with Crippen LogP contribution in [0.25, 0.3) is 10.9 Å². The van der Waals surface area contributed by atoms with Gasteiger partial charge in [-0.05, 0) is 44.5 Å². The van der Waals surface area contributed by atoms with Crippen molar-refractivity contribution in [2.75, 3.05) is 17.7 Å². The summed E-state index contributed by atoms with van der Waals surface area (Å²) in [6.45, 7) is 5.13. The number of carbonyl (C=O) groups is 1. The van der Waals surface area contributed by atoms with Crippen molar-refractivity contribution in [3.05, 3.63) is 59.7 Å². The molecule has 0 unspecified atom stereocenters. The summed E-state index contributed by atoms with van der Waals surface area (Å²) in [5.41, 5.74) is 4.33. The Morgan fingerprint density at radius 1 is 1.13 bits per heavy atom. The molecule has 0 saturated heterocycles. The third-order valence-electron chi connectivity index (χ3n) is 4.87. The van der Waals surface area contributed by atoms with Crippen molar-refractivity contribution in [3.8, 4) is 5.88 Å². The van der Waals surface area contributed by atoms with Gasteiger partial charge in [-0.15, -0.1) is 0 Å². The van der Waals surface area contributed by atoms with Gasteiger partial charge in [0, 0.05) is 11.1 Å². The minimum Gasteiger partial charge on any atom is -0.476 e. The molecule has 1 heterocycles. The topological polar surface area (TPSA) is 77.2 Å². The smallest absolute Gasteiger partial charge is 0.419 e. The van der Waals surface area contributed by atoms with Crippen molar-refractivity contribution in [2.24, 2.45) is 0 Å². The first-order valence-electron chi connectivity index (χ1n) is 9.36. The molecule has 3 aromatic rings. The van der Waals surface area contributed by atoms with Crippen LogP contribution in [0.5, 0.6) is 5.88 Å². The molecule has 0 radical (unpaired) electrons. The summed E-state index contributed by atoms with van der Waals surface area (Å²) < 4.78 is 46.2. The summed E-state index contributed by atoms with van der Waals surface area (Å²) in [6, 6.07) is 13.2. The largest absolute Gasteiger partial charge is 0.476 e. The van der Waals surface area contributed by atoms with Crippen LogP contribution in [0.15, 0.2) is 48.5 Å². The SMILES string of the molecule is CCOc1nc2cc(C(C)(C)C(=O)Nc3ccccc3)ccc2c(C(F)(F)F)c1N. The molecule has 0 spiro atoms. The zero-order valence-corrected chi connectivity index (χ0v) is 16.8. The number of aromatic nitrogens is 1. The number of amides is 1. The number of ether oxygens (including phenoxy) is 1. The highest BCUT2D eigenvalue weighted by Gasteiger charge is 2.38. The van der Waals surface area contributed by atoms with Crippen molar-refractivity contribution in [2.45, 2.75) is 32.4 Å². The Morgan fingerprint density at radius 2 is 1.80 bits per heavy atom. The number of rotatable bonds is 5. The van der Waals surface area contributed by atoms with Gasteiger partial charge in [0.15, 0.2) is 0 Å². The van der Waals surface area contributed by atoms with Crippen molar-refractivity contribution in [1.29, 1.82) is 0 Å². The number of carbonyl (C=O) groups excluding carboxylic acids is 1. The van der Waals surface area contributed by atoms with Crippen LogP contribution in [-0.4, -0.2) is 17.5 Å². The maximum atomic E-state index is 13.7. The number of fused-ring (bicyclic) bond motifs is 1. The van der Waals surface area contributed by atoms with Gasteiger partial charge in [0.2, 0.25) is 11.8 Å². The van der Waals surface area contributed by atoms with Crippen LogP contribution in [0, 0.1) is 0 Å². The Kier molecular flexibility index (Phi) is 5.61. The van der Waals surface area contributed by atoms with E-state index in [9.17, 15) is 18.0 Å². The van der Waals surface area contributed by atoms with Gasteiger partial charge >= 0.3 is 6.18 Å². The van der Waals surface area contributed by atoms with E-state index in [4.69, 9.17) is 10.5 Å². The molecule has 30 heavy (non-hydrogen) atoms. The first-order chi connectivity index (χ1) is 14.1. The zero-order valence-electron chi connectivity index (χ0n) is 16.8. The summed E-state index contributed by atoms with van der Waals surface area (Å²) in [5, 5.41) is 2.67. The second-order valence-electron chi connectivity index (χ2n) is 7.31. The number of para-hydroxylation sites is 1. The molecule has 0 aliphatic carbocycles. The van der Waals surface area contributed by atoms with Crippen molar-refractivity contribution >= 4 is 28.2 Å². The predicted octanol–water partition coefficient (Wildman–Crippen LogP) is 5.15. The maximum Gasteiger partial charge on any atom is 0.419 e. The van der Waals surface area contributed by atoms with Crippen molar-refractivity contribution in [1.82, 2.24) is 4.98 Å². The number of nitrogen functional groups attached to an aromatic ring is 1. The number of anilines is 2. The number of pyridine rings is 1. The summed E-state index contributed by atoms with van der Waals surface area (Å²) in [7, 11) is 0. The first-order valence-corrected chi connectivity index (χ1v) is 9.36. The summed E-state index contributed by atoms with van der Waals surface area (Å²) in [4.78, 5) is 17.0. The van der Waals surface area contributed by atoms with E-state index in [0.29, 0.717) is 11.3 Å². The van der Waals surface area contributed by atoms with Crippen LogP contribution in [0.1, 0.15) is 31.9 Å². The third-order valence-corrected chi connectivity index (χ3v) is 4.87. The normalized spacial score (nSPS) is 12.1. The number of benzene rings is 2. The molecule has 8 heteroatoms. The number of alkyl halides is 3. The molecule has 158 valence electrons. The highest BCUT2D eigenvalue weighted by Crippen LogP contribution is 2.42. The Balaban J connectivity index is 2.09.